The third-order valence-corrected chi connectivity index (χ3v) is 9.11. The second kappa shape index (κ2) is 9.85. The molecule has 0 bridgehead atoms. The maximum absolute atomic E-state index is 12.4. The second-order valence-corrected chi connectivity index (χ2v) is 13.2. The number of rotatable bonds is 9. The molecule has 1 saturated heterocycles. The Kier molecular flexibility index (Phi) is 8.40. The fourth-order valence-corrected chi connectivity index (χ4v) is 4.85. The van der Waals surface area contributed by atoms with E-state index in [0.29, 0.717) is 0 Å². The van der Waals surface area contributed by atoms with E-state index in [0.717, 1.165) is 0 Å². The average Bonchev–Trinajstić information content (AvgIpc) is 2.93. The molecule has 0 aromatic carbocycles. The van der Waals surface area contributed by atoms with Gasteiger partial charge in [-0.05, 0) is 31.6 Å². The fourth-order valence-electron chi connectivity index (χ4n) is 3.11. The van der Waals surface area contributed by atoms with E-state index in [4.69, 9.17) is 35.6 Å². The summed E-state index contributed by atoms with van der Waals surface area (Å²) in [5.41, 5.74) is -1.30. The van der Waals surface area contributed by atoms with Gasteiger partial charge < -0.3 is 28.7 Å². The number of ether oxygens (including phenoxy) is 2. The topological polar surface area (TPSA) is 160 Å². The van der Waals surface area contributed by atoms with Gasteiger partial charge in [-0.2, -0.15) is 0 Å². The van der Waals surface area contributed by atoms with E-state index in [2.05, 4.69) is 4.98 Å². The summed E-state index contributed by atoms with van der Waals surface area (Å²) in [6, 6.07) is 0. The van der Waals surface area contributed by atoms with Gasteiger partial charge in [0.1, 0.15) is 12.2 Å². The summed E-state index contributed by atoms with van der Waals surface area (Å²) in [7, 11) is -2.82. The summed E-state index contributed by atoms with van der Waals surface area (Å²) < 4.78 is 29.7. The first-order valence-corrected chi connectivity index (χ1v) is 13.9. The Morgan fingerprint density at radius 2 is 1.93 bits per heavy atom. The fraction of sp³-hybridized carbons (Fsp3) is 0.750. The van der Waals surface area contributed by atoms with Gasteiger partial charge in [-0.1, -0.05) is 13.8 Å². The average molecular weight is 486 g/mol. The first-order valence-electron chi connectivity index (χ1n) is 9.32. The molecule has 1 aliphatic rings. The molecule has 1 aromatic heterocycles. The summed E-state index contributed by atoms with van der Waals surface area (Å²) >= 11 is 5.24. The van der Waals surface area contributed by atoms with Gasteiger partial charge in [-0.3, -0.25) is 18.9 Å². The highest BCUT2D eigenvalue weighted by molar-refractivity contribution is 8.09. The van der Waals surface area contributed by atoms with E-state index in [1.165, 1.54) is 24.8 Å². The molecule has 0 radical (unpaired) electrons. The maximum atomic E-state index is 12.4. The number of hydrogen-bond donors (Lipinski definition) is 4. The van der Waals surface area contributed by atoms with Crippen LogP contribution in [0.3, 0.4) is 0 Å². The van der Waals surface area contributed by atoms with Crippen LogP contribution >= 0.6 is 14.1 Å². The molecule has 30 heavy (non-hydrogen) atoms. The van der Waals surface area contributed by atoms with Gasteiger partial charge in [-0.25, -0.2) is 4.79 Å². The summed E-state index contributed by atoms with van der Waals surface area (Å²) in [4.78, 5) is 55.1. The zero-order valence-corrected chi connectivity index (χ0v) is 19.7. The molecule has 1 aliphatic heterocycles. The minimum absolute atomic E-state index is 0.119. The molecular weight excluding hydrogens is 458 g/mol. The zero-order chi connectivity index (χ0) is 22.9. The van der Waals surface area contributed by atoms with Crippen molar-refractivity contribution in [3.8, 4) is 0 Å². The lowest BCUT2D eigenvalue weighted by Crippen LogP contribution is -2.40. The van der Waals surface area contributed by atoms with Gasteiger partial charge in [0.15, 0.2) is 12.7 Å². The van der Waals surface area contributed by atoms with Gasteiger partial charge >= 0.3 is 13.3 Å². The van der Waals surface area contributed by atoms with Crippen LogP contribution in [-0.4, -0.2) is 61.5 Å². The lowest BCUT2D eigenvalue weighted by Gasteiger charge is -2.29. The van der Waals surface area contributed by atoms with Crippen LogP contribution in [0.1, 0.15) is 38.5 Å². The predicted octanol–water partition coefficient (Wildman–Crippen LogP) is 0.811. The van der Waals surface area contributed by atoms with Gasteiger partial charge in [0, 0.05) is 30.7 Å². The highest BCUT2D eigenvalue weighted by Crippen LogP contribution is 2.52. The van der Waals surface area contributed by atoms with Crippen LogP contribution in [0.25, 0.3) is 0 Å². The molecule has 1 aromatic rings. The Morgan fingerprint density at radius 1 is 1.30 bits per heavy atom. The van der Waals surface area contributed by atoms with Crippen molar-refractivity contribution in [1.82, 2.24) is 9.55 Å². The van der Waals surface area contributed by atoms with Crippen LogP contribution in [0.4, 0.5) is 0 Å². The monoisotopic (exact) mass is 486 g/mol. The van der Waals surface area contributed by atoms with Gasteiger partial charge in [0.2, 0.25) is 0 Å². The minimum atomic E-state index is -4.20. The summed E-state index contributed by atoms with van der Waals surface area (Å²) in [6.45, 7) is 1.73. The lowest BCUT2D eigenvalue weighted by atomic mass is 10.1. The number of aromatic amines is 1. The van der Waals surface area contributed by atoms with Crippen LogP contribution in [0, 0.1) is 6.92 Å². The van der Waals surface area contributed by atoms with Crippen molar-refractivity contribution >= 4 is 25.9 Å². The summed E-state index contributed by atoms with van der Waals surface area (Å²) in [6.07, 6.45) is -2.20. The molecule has 11 nitrogen and oxygen atoms in total. The number of nitrogens with zero attached hydrogens (tertiary/aromatic N) is 1. The standard InChI is InChI=1S/C16H28N2O9P2S/c1-9(2)29(24,30)27-12-11(6-5-7-28(21,22)23)26-15(13(12)25-4)18-8-10(3)14(19)17-16(18)20/h8-9,11-13,15H,5-7H2,1-4H3,(H,24,30)(H,17,19,20)(H2,21,22,23)/t11-,12-,13-,15-,29?/m1/s1. The lowest BCUT2D eigenvalue weighted by molar-refractivity contribution is -0.0546. The van der Waals surface area contributed by atoms with Crippen molar-refractivity contribution < 1.29 is 33.2 Å². The Bertz CT molecular complexity index is 957. The number of hydrogen-bond acceptors (Lipinski definition) is 7. The second-order valence-electron chi connectivity index (χ2n) is 7.50. The van der Waals surface area contributed by atoms with Crippen molar-refractivity contribution in [3.63, 3.8) is 0 Å². The predicted molar refractivity (Wildman–Crippen MR) is 113 cm³/mol. The minimum Gasteiger partial charge on any atom is -0.374 e. The summed E-state index contributed by atoms with van der Waals surface area (Å²) in [5, 5.41) is 0. The van der Waals surface area contributed by atoms with E-state index in [-0.39, 0.29) is 30.2 Å². The summed E-state index contributed by atoms with van der Waals surface area (Å²) in [5.74, 6) is 0. The molecule has 0 saturated carbocycles. The molecule has 4 N–H and O–H groups in total. The number of aryl methyl sites for hydroxylation is 1. The van der Waals surface area contributed by atoms with Crippen molar-refractivity contribution in [2.45, 2.75) is 63.8 Å². The molecule has 1 unspecified atom stereocenters. The Balaban J connectivity index is 2.40. The van der Waals surface area contributed by atoms with Gasteiger partial charge in [0.05, 0.1) is 6.10 Å². The molecule has 5 atom stereocenters. The van der Waals surface area contributed by atoms with E-state index in [9.17, 15) is 19.0 Å². The molecule has 2 heterocycles. The first-order chi connectivity index (χ1) is 13.8. The molecule has 0 aliphatic carbocycles. The van der Waals surface area contributed by atoms with Crippen LogP contribution in [0.15, 0.2) is 15.8 Å². The SMILES string of the molecule is CO[C@@H]1[C@H](OP(O)(=S)C(C)C)[C@@H](CCCP(=O)(O)O)O[C@H]1n1cc(C)c(=O)[nH]c1=O. The quantitative estimate of drug-likeness (QED) is 0.368. The number of H-pyrrole nitrogens is 1. The molecule has 1 fully saturated rings. The van der Waals surface area contributed by atoms with Crippen LogP contribution < -0.4 is 11.2 Å². The molecule has 0 spiro atoms. The highest BCUT2D eigenvalue weighted by Gasteiger charge is 2.49. The van der Waals surface area contributed by atoms with E-state index < -0.39 is 49.9 Å². The van der Waals surface area contributed by atoms with Crippen molar-refractivity contribution in [2.75, 3.05) is 13.3 Å². The molecular formula is C16H28N2O9P2S. The van der Waals surface area contributed by atoms with Crippen LogP contribution in [-0.2, 0) is 30.4 Å². The largest absolute Gasteiger partial charge is 0.374 e. The maximum Gasteiger partial charge on any atom is 0.330 e. The molecule has 172 valence electrons. The molecule has 14 heteroatoms. The van der Waals surface area contributed by atoms with Crippen molar-refractivity contribution in [3.05, 3.63) is 32.6 Å². The highest BCUT2D eigenvalue weighted by atomic mass is 32.5. The number of methoxy groups -OCH3 is 1. The Labute approximate surface area is 178 Å². The molecule has 0 amide bonds. The van der Waals surface area contributed by atoms with Gasteiger partial charge in [0.25, 0.3) is 5.56 Å². The van der Waals surface area contributed by atoms with E-state index in [1.807, 2.05) is 0 Å². The van der Waals surface area contributed by atoms with Crippen LogP contribution in [0.2, 0.25) is 0 Å². The van der Waals surface area contributed by atoms with E-state index in [1.54, 1.807) is 13.8 Å². The number of aromatic nitrogens is 2. The zero-order valence-electron chi connectivity index (χ0n) is 17.1. The Hall–Kier alpha value is -0.680. The van der Waals surface area contributed by atoms with Crippen molar-refractivity contribution in [2.24, 2.45) is 0 Å². The third-order valence-electron chi connectivity index (χ3n) is 4.84. The van der Waals surface area contributed by atoms with E-state index >= 15 is 0 Å². The Morgan fingerprint density at radius 3 is 2.47 bits per heavy atom. The van der Waals surface area contributed by atoms with Crippen LogP contribution in [0.5, 0.6) is 0 Å². The third kappa shape index (κ3) is 6.18. The normalized spacial score (nSPS) is 26.8. The number of nitrogens with one attached hydrogen (secondary N) is 1. The van der Waals surface area contributed by atoms with Gasteiger partial charge in [-0.15, -0.1) is 0 Å². The first kappa shape index (κ1) is 25.6. The van der Waals surface area contributed by atoms with Crippen molar-refractivity contribution in [1.29, 1.82) is 0 Å². The smallest absolute Gasteiger partial charge is 0.330 e. The molecule has 2 rings (SSSR count).